The van der Waals surface area contributed by atoms with Crippen LogP contribution in [-0.2, 0) is 27.9 Å². The van der Waals surface area contributed by atoms with E-state index in [9.17, 15) is 8.42 Å². The monoisotopic (exact) mass is 367 g/mol. The highest BCUT2D eigenvalue weighted by Gasteiger charge is 2.29. The van der Waals surface area contributed by atoms with Gasteiger partial charge in [0.15, 0.2) is 5.82 Å². The zero-order valence-corrected chi connectivity index (χ0v) is 15.0. The normalized spacial score (nSPS) is 17.3. The van der Waals surface area contributed by atoms with Gasteiger partial charge < -0.3 is 9.47 Å². The van der Waals surface area contributed by atoms with Crippen LogP contribution in [-0.4, -0.2) is 41.9 Å². The van der Waals surface area contributed by atoms with Crippen molar-refractivity contribution < 1.29 is 17.9 Å². The van der Waals surface area contributed by atoms with Gasteiger partial charge in [-0.15, -0.1) is 0 Å². The van der Waals surface area contributed by atoms with Gasteiger partial charge >= 0.3 is 0 Å². The summed E-state index contributed by atoms with van der Waals surface area (Å²) in [4.78, 5) is 8.50. The number of nitrogens with one attached hydrogen (secondary N) is 1. The van der Waals surface area contributed by atoms with E-state index in [1.54, 1.807) is 11.8 Å². The lowest BCUT2D eigenvalue weighted by Crippen LogP contribution is -2.33. The van der Waals surface area contributed by atoms with Crippen molar-refractivity contribution in [3.8, 4) is 5.88 Å². The number of pyridine rings is 1. The van der Waals surface area contributed by atoms with Crippen molar-refractivity contribution >= 4 is 10.0 Å². The van der Waals surface area contributed by atoms with Gasteiger partial charge in [-0.1, -0.05) is 0 Å². The highest BCUT2D eigenvalue weighted by Crippen LogP contribution is 2.25. The number of fused-ring (bicyclic) bond motifs is 1. The van der Waals surface area contributed by atoms with Gasteiger partial charge in [-0.2, -0.15) is 5.10 Å². The highest BCUT2D eigenvalue weighted by molar-refractivity contribution is 7.89. The Hall–Kier alpha value is -2.04. The summed E-state index contributed by atoms with van der Waals surface area (Å²) in [6, 6.07) is 2.59. The van der Waals surface area contributed by atoms with Crippen LogP contribution in [0.5, 0.6) is 5.88 Å². The fourth-order valence-corrected chi connectivity index (χ4v) is 3.89. The smallest absolute Gasteiger partial charge is 0.242 e. The van der Waals surface area contributed by atoms with E-state index in [-0.39, 0.29) is 4.90 Å². The summed E-state index contributed by atoms with van der Waals surface area (Å²) >= 11 is 0. The topological polar surface area (TPSA) is 108 Å². The molecule has 10 heteroatoms. The maximum atomic E-state index is 12.6. The van der Waals surface area contributed by atoms with Crippen LogP contribution in [0.4, 0.5) is 0 Å². The summed E-state index contributed by atoms with van der Waals surface area (Å²) in [5.41, 5.74) is 0. The van der Waals surface area contributed by atoms with Crippen molar-refractivity contribution in [3.05, 3.63) is 30.0 Å². The first-order valence-electron chi connectivity index (χ1n) is 8.07. The maximum absolute atomic E-state index is 12.6. The van der Waals surface area contributed by atoms with E-state index in [1.807, 2.05) is 6.92 Å². The predicted molar refractivity (Wildman–Crippen MR) is 88.4 cm³/mol. The van der Waals surface area contributed by atoms with Crippen LogP contribution in [0.15, 0.2) is 23.2 Å². The number of hydrogen-bond donors (Lipinski definition) is 1. The Balaban J connectivity index is 1.79. The molecule has 1 N–H and O–H groups in total. The third kappa shape index (κ3) is 3.97. The van der Waals surface area contributed by atoms with Crippen LogP contribution >= 0.6 is 0 Å². The van der Waals surface area contributed by atoms with Crippen LogP contribution in [0.3, 0.4) is 0 Å². The zero-order valence-electron chi connectivity index (χ0n) is 14.2. The molecule has 2 aromatic rings. The van der Waals surface area contributed by atoms with E-state index >= 15 is 0 Å². The molecule has 25 heavy (non-hydrogen) atoms. The van der Waals surface area contributed by atoms with Crippen LogP contribution in [0.25, 0.3) is 0 Å². The second kappa shape index (κ2) is 7.46. The number of nitrogens with zero attached hydrogens (tertiary/aromatic N) is 4. The number of rotatable bonds is 7. The summed E-state index contributed by atoms with van der Waals surface area (Å²) in [6.07, 6.45) is 2.77. The van der Waals surface area contributed by atoms with Crippen LogP contribution in [0.2, 0.25) is 0 Å². The fourth-order valence-electron chi connectivity index (χ4n) is 2.72. The lowest BCUT2D eigenvalue weighted by Gasteiger charge is -2.22. The van der Waals surface area contributed by atoms with E-state index in [1.165, 1.54) is 18.3 Å². The molecular weight excluding hydrogens is 346 g/mol. The van der Waals surface area contributed by atoms with Gasteiger partial charge in [-0.05, 0) is 25.8 Å². The molecule has 3 rings (SSSR count). The summed E-state index contributed by atoms with van der Waals surface area (Å²) in [5, 5.41) is 4.34. The van der Waals surface area contributed by atoms with Gasteiger partial charge in [0, 0.05) is 19.7 Å². The summed E-state index contributed by atoms with van der Waals surface area (Å²) in [6.45, 7) is 3.32. The third-order valence-electron chi connectivity index (χ3n) is 3.80. The molecule has 2 aromatic heterocycles. The number of aryl methyl sites for hydroxylation is 1. The standard InChI is InChI=1S/C15H21N5O4S/c1-3-24-14-7-6-11(9-16-14)25(21,22)19-12-5-4-8-20-15(12)17-13(18-20)10-23-2/h6-7,9,12,19H,3-5,8,10H2,1-2H3/t12-/m1/s1. The number of ether oxygens (including phenoxy) is 2. The second-order valence-electron chi connectivity index (χ2n) is 5.62. The number of methoxy groups -OCH3 is 1. The SMILES string of the molecule is CCOc1ccc(S(=O)(=O)N[C@@H]2CCCn3nc(COC)nc32)cn1. The van der Waals surface area contributed by atoms with Crippen LogP contribution in [0, 0.1) is 0 Å². The Bertz CT molecular complexity index is 819. The Morgan fingerprint density at radius 2 is 2.24 bits per heavy atom. The molecule has 1 aliphatic heterocycles. The summed E-state index contributed by atoms with van der Waals surface area (Å²) in [7, 11) is -2.15. The quantitative estimate of drug-likeness (QED) is 0.778. The molecule has 0 saturated heterocycles. The van der Waals surface area contributed by atoms with E-state index in [0.29, 0.717) is 37.2 Å². The Morgan fingerprint density at radius 1 is 1.40 bits per heavy atom. The fraction of sp³-hybridized carbons (Fsp3) is 0.533. The largest absolute Gasteiger partial charge is 0.478 e. The number of aromatic nitrogens is 4. The molecule has 1 aliphatic rings. The molecule has 0 radical (unpaired) electrons. The molecule has 9 nitrogen and oxygen atoms in total. The molecule has 1 atom stereocenters. The minimum Gasteiger partial charge on any atom is -0.478 e. The Labute approximate surface area is 146 Å². The lowest BCUT2D eigenvalue weighted by atomic mass is 10.1. The lowest BCUT2D eigenvalue weighted by molar-refractivity contribution is 0.177. The molecule has 0 amide bonds. The first-order valence-corrected chi connectivity index (χ1v) is 9.55. The number of hydrogen-bond acceptors (Lipinski definition) is 7. The third-order valence-corrected chi connectivity index (χ3v) is 5.26. The van der Waals surface area contributed by atoms with E-state index in [2.05, 4.69) is 19.8 Å². The molecule has 0 aromatic carbocycles. The van der Waals surface area contributed by atoms with Crippen molar-refractivity contribution in [2.24, 2.45) is 0 Å². The number of sulfonamides is 1. The Morgan fingerprint density at radius 3 is 2.92 bits per heavy atom. The van der Waals surface area contributed by atoms with E-state index in [4.69, 9.17) is 9.47 Å². The van der Waals surface area contributed by atoms with Crippen LogP contribution < -0.4 is 9.46 Å². The first-order chi connectivity index (χ1) is 12.0. The van der Waals surface area contributed by atoms with Crippen molar-refractivity contribution in [1.82, 2.24) is 24.5 Å². The Kier molecular flexibility index (Phi) is 5.30. The van der Waals surface area contributed by atoms with Gasteiger partial charge in [-0.25, -0.2) is 27.8 Å². The summed E-state index contributed by atoms with van der Waals surface area (Å²) in [5.74, 6) is 1.55. The molecule has 0 unspecified atom stereocenters. The van der Waals surface area contributed by atoms with Crippen molar-refractivity contribution in [1.29, 1.82) is 0 Å². The molecule has 0 saturated carbocycles. The van der Waals surface area contributed by atoms with Gasteiger partial charge in [0.05, 0.1) is 18.8 Å². The van der Waals surface area contributed by atoms with Crippen molar-refractivity contribution in [3.63, 3.8) is 0 Å². The molecule has 3 heterocycles. The highest BCUT2D eigenvalue weighted by atomic mass is 32.2. The van der Waals surface area contributed by atoms with E-state index in [0.717, 1.165) is 13.0 Å². The molecule has 0 aliphatic carbocycles. The zero-order chi connectivity index (χ0) is 17.9. The van der Waals surface area contributed by atoms with Crippen molar-refractivity contribution in [2.75, 3.05) is 13.7 Å². The molecule has 0 bridgehead atoms. The average molecular weight is 367 g/mol. The minimum atomic E-state index is -3.72. The minimum absolute atomic E-state index is 0.0877. The molecule has 136 valence electrons. The first kappa shape index (κ1) is 17.8. The maximum Gasteiger partial charge on any atom is 0.242 e. The molecular formula is C15H21N5O4S. The van der Waals surface area contributed by atoms with Gasteiger partial charge in [-0.3, -0.25) is 0 Å². The van der Waals surface area contributed by atoms with Gasteiger partial charge in [0.2, 0.25) is 15.9 Å². The second-order valence-corrected chi connectivity index (χ2v) is 7.34. The van der Waals surface area contributed by atoms with E-state index < -0.39 is 16.1 Å². The van der Waals surface area contributed by atoms with Gasteiger partial charge in [0.1, 0.15) is 17.3 Å². The van der Waals surface area contributed by atoms with Crippen LogP contribution in [0.1, 0.15) is 37.5 Å². The van der Waals surface area contributed by atoms with Gasteiger partial charge in [0.25, 0.3) is 0 Å². The summed E-state index contributed by atoms with van der Waals surface area (Å²) < 4.78 is 40.0. The molecule has 0 fully saturated rings. The molecule has 0 spiro atoms. The average Bonchev–Trinajstić information content (AvgIpc) is 2.99. The van der Waals surface area contributed by atoms with Crippen molar-refractivity contribution in [2.45, 2.75) is 43.9 Å². The predicted octanol–water partition coefficient (Wildman–Crippen LogP) is 1.03.